The molecule has 2 heterocycles. The Balaban J connectivity index is 1.80. The summed E-state index contributed by atoms with van der Waals surface area (Å²) in [6.45, 7) is 10.2. The number of ether oxygens (including phenoxy) is 1. The molecule has 0 amide bonds. The molecule has 6 heteroatoms. The van der Waals surface area contributed by atoms with E-state index in [4.69, 9.17) is 16.3 Å². The highest BCUT2D eigenvalue weighted by Crippen LogP contribution is 2.18. The lowest BCUT2D eigenvalue weighted by molar-refractivity contribution is 0.0123. The monoisotopic (exact) mass is 317 g/mol. The zero-order valence-electron chi connectivity index (χ0n) is 12.3. The van der Waals surface area contributed by atoms with Crippen LogP contribution >= 0.6 is 22.9 Å². The maximum Gasteiger partial charge on any atom is 0.113 e. The van der Waals surface area contributed by atoms with Gasteiger partial charge in [-0.2, -0.15) is 0 Å². The number of morpholine rings is 1. The Labute approximate surface area is 130 Å². The summed E-state index contributed by atoms with van der Waals surface area (Å²) in [5, 5.41) is 4.58. The molecule has 1 unspecified atom stereocenters. The van der Waals surface area contributed by atoms with E-state index in [-0.39, 0.29) is 0 Å². The summed E-state index contributed by atoms with van der Waals surface area (Å²) in [4.78, 5) is 6.82. The van der Waals surface area contributed by atoms with E-state index in [0.29, 0.717) is 12.0 Å². The number of hydrogen-bond acceptors (Lipinski definition) is 5. The van der Waals surface area contributed by atoms with Crippen molar-refractivity contribution in [2.24, 2.45) is 5.92 Å². The van der Waals surface area contributed by atoms with Crippen LogP contribution in [0.15, 0.2) is 6.20 Å². The van der Waals surface area contributed by atoms with Gasteiger partial charge in [-0.15, -0.1) is 11.3 Å². The first kappa shape index (κ1) is 16.2. The van der Waals surface area contributed by atoms with Crippen LogP contribution in [0.25, 0.3) is 0 Å². The Kier molecular flexibility index (Phi) is 6.71. The molecule has 1 aliphatic rings. The first-order valence-corrected chi connectivity index (χ1v) is 8.47. The Hall–Kier alpha value is -0.200. The molecule has 1 aromatic heterocycles. The van der Waals surface area contributed by atoms with Gasteiger partial charge in [0.15, 0.2) is 0 Å². The van der Waals surface area contributed by atoms with Crippen molar-refractivity contribution < 1.29 is 4.74 Å². The lowest BCUT2D eigenvalue weighted by atomic mass is 10.0. The number of rotatable bonds is 7. The molecule has 0 bridgehead atoms. The molecule has 0 spiro atoms. The molecule has 1 saturated heterocycles. The number of nitrogens with one attached hydrogen (secondary N) is 1. The fourth-order valence-electron chi connectivity index (χ4n) is 2.56. The third-order valence-electron chi connectivity index (χ3n) is 3.49. The summed E-state index contributed by atoms with van der Waals surface area (Å²) < 4.78 is 6.20. The Morgan fingerprint density at radius 1 is 1.45 bits per heavy atom. The second kappa shape index (κ2) is 8.29. The van der Waals surface area contributed by atoms with Crippen LogP contribution in [0.2, 0.25) is 4.34 Å². The van der Waals surface area contributed by atoms with Gasteiger partial charge in [0.1, 0.15) is 9.34 Å². The Morgan fingerprint density at radius 2 is 2.20 bits per heavy atom. The van der Waals surface area contributed by atoms with E-state index in [0.717, 1.165) is 48.7 Å². The minimum Gasteiger partial charge on any atom is -0.379 e. The second-order valence-electron chi connectivity index (χ2n) is 5.62. The summed E-state index contributed by atoms with van der Waals surface area (Å²) in [6, 6.07) is 0.578. The van der Waals surface area contributed by atoms with Crippen LogP contribution in [0.3, 0.4) is 0 Å². The zero-order chi connectivity index (χ0) is 14.4. The first-order chi connectivity index (χ1) is 9.65. The highest BCUT2D eigenvalue weighted by molar-refractivity contribution is 7.15. The predicted molar refractivity (Wildman–Crippen MR) is 84.5 cm³/mol. The molecule has 0 radical (unpaired) electrons. The van der Waals surface area contributed by atoms with Crippen molar-refractivity contribution in [3.05, 3.63) is 15.5 Å². The minimum absolute atomic E-state index is 0.578. The summed E-state index contributed by atoms with van der Waals surface area (Å²) in [5.74, 6) is 0.707. The minimum atomic E-state index is 0.578. The Bertz CT molecular complexity index is 394. The lowest BCUT2D eigenvalue weighted by Gasteiger charge is -2.35. The van der Waals surface area contributed by atoms with Crippen molar-refractivity contribution in [2.75, 3.05) is 32.8 Å². The van der Waals surface area contributed by atoms with Gasteiger partial charge in [0.05, 0.1) is 19.4 Å². The van der Waals surface area contributed by atoms with E-state index in [9.17, 15) is 0 Å². The quantitative estimate of drug-likeness (QED) is 0.839. The zero-order valence-corrected chi connectivity index (χ0v) is 13.8. The van der Waals surface area contributed by atoms with Crippen molar-refractivity contribution in [3.8, 4) is 0 Å². The fourth-order valence-corrected chi connectivity index (χ4v) is 3.49. The van der Waals surface area contributed by atoms with E-state index in [1.165, 1.54) is 6.42 Å². The van der Waals surface area contributed by atoms with Crippen LogP contribution in [0.1, 0.15) is 25.3 Å². The van der Waals surface area contributed by atoms with E-state index in [1.807, 2.05) is 0 Å². The van der Waals surface area contributed by atoms with Crippen LogP contribution in [-0.4, -0.2) is 48.8 Å². The lowest BCUT2D eigenvalue weighted by Crippen LogP contribution is -2.48. The van der Waals surface area contributed by atoms with E-state index in [1.54, 1.807) is 17.5 Å². The van der Waals surface area contributed by atoms with Gasteiger partial charge in [-0.3, -0.25) is 4.90 Å². The maximum atomic E-state index is 5.90. The molecule has 1 fully saturated rings. The van der Waals surface area contributed by atoms with Crippen LogP contribution in [-0.2, 0) is 11.3 Å². The van der Waals surface area contributed by atoms with Gasteiger partial charge in [-0.25, -0.2) is 4.98 Å². The largest absolute Gasteiger partial charge is 0.379 e. The van der Waals surface area contributed by atoms with Gasteiger partial charge < -0.3 is 10.1 Å². The third-order valence-corrected chi connectivity index (χ3v) is 4.60. The standard InChI is InChI=1S/C14H24ClN3OS/c1-11(2)7-12(18-3-5-19-6-4-18)8-16-10-14-17-9-13(15)20-14/h9,11-12,16H,3-8,10H2,1-2H3. The van der Waals surface area contributed by atoms with Gasteiger partial charge in [0.25, 0.3) is 0 Å². The van der Waals surface area contributed by atoms with Crippen LogP contribution in [0.4, 0.5) is 0 Å². The molecular weight excluding hydrogens is 294 g/mol. The molecule has 1 aliphatic heterocycles. The van der Waals surface area contributed by atoms with Gasteiger partial charge >= 0.3 is 0 Å². The van der Waals surface area contributed by atoms with Gasteiger partial charge in [0, 0.05) is 32.2 Å². The molecule has 1 atom stereocenters. The van der Waals surface area contributed by atoms with Gasteiger partial charge in [-0.05, 0) is 12.3 Å². The molecule has 4 nitrogen and oxygen atoms in total. The number of thiazole rings is 1. The van der Waals surface area contributed by atoms with Crippen molar-refractivity contribution in [3.63, 3.8) is 0 Å². The van der Waals surface area contributed by atoms with E-state index in [2.05, 4.69) is 29.0 Å². The Morgan fingerprint density at radius 3 is 2.80 bits per heavy atom. The highest BCUT2D eigenvalue weighted by atomic mass is 35.5. The predicted octanol–water partition coefficient (Wildman–Crippen LogP) is 2.63. The van der Waals surface area contributed by atoms with E-state index < -0.39 is 0 Å². The molecule has 20 heavy (non-hydrogen) atoms. The van der Waals surface area contributed by atoms with Gasteiger partial charge in [-0.1, -0.05) is 25.4 Å². The fraction of sp³-hybridized carbons (Fsp3) is 0.786. The van der Waals surface area contributed by atoms with Crippen molar-refractivity contribution in [1.82, 2.24) is 15.2 Å². The molecule has 2 rings (SSSR count). The number of hydrogen-bond donors (Lipinski definition) is 1. The molecular formula is C14H24ClN3OS. The topological polar surface area (TPSA) is 37.4 Å². The maximum absolute atomic E-state index is 5.90. The molecule has 0 saturated carbocycles. The van der Waals surface area contributed by atoms with Crippen molar-refractivity contribution >= 4 is 22.9 Å². The molecule has 1 aromatic rings. The molecule has 0 aliphatic carbocycles. The average molecular weight is 318 g/mol. The normalized spacial score (nSPS) is 18.6. The summed E-state index contributed by atoms with van der Waals surface area (Å²) in [5.41, 5.74) is 0. The molecule has 0 aromatic carbocycles. The van der Waals surface area contributed by atoms with Gasteiger partial charge in [0.2, 0.25) is 0 Å². The molecule has 114 valence electrons. The van der Waals surface area contributed by atoms with E-state index >= 15 is 0 Å². The summed E-state index contributed by atoms with van der Waals surface area (Å²) >= 11 is 7.45. The van der Waals surface area contributed by atoms with Crippen molar-refractivity contribution in [1.29, 1.82) is 0 Å². The SMILES string of the molecule is CC(C)CC(CNCc1ncc(Cl)s1)N1CCOCC1. The first-order valence-electron chi connectivity index (χ1n) is 7.28. The smallest absolute Gasteiger partial charge is 0.113 e. The second-order valence-corrected chi connectivity index (χ2v) is 7.37. The highest BCUT2D eigenvalue weighted by Gasteiger charge is 2.21. The van der Waals surface area contributed by atoms with Crippen LogP contribution in [0.5, 0.6) is 0 Å². The van der Waals surface area contributed by atoms with Crippen molar-refractivity contribution in [2.45, 2.75) is 32.9 Å². The van der Waals surface area contributed by atoms with Crippen LogP contribution in [0, 0.1) is 5.92 Å². The molecule has 1 N–H and O–H groups in total. The third kappa shape index (κ3) is 5.30. The summed E-state index contributed by atoms with van der Waals surface area (Å²) in [7, 11) is 0. The number of aromatic nitrogens is 1. The number of halogens is 1. The van der Waals surface area contributed by atoms with Crippen LogP contribution < -0.4 is 5.32 Å². The summed E-state index contributed by atoms with van der Waals surface area (Å²) in [6.07, 6.45) is 2.93. The number of nitrogens with zero attached hydrogens (tertiary/aromatic N) is 2. The average Bonchev–Trinajstić information content (AvgIpc) is 2.84.